The van der Waals surface area contributed by atoms with Gasteiger partial charge in [0, 0.05) is 4.88 Å². The Hall–Kier alpha value is -2.87. The van der Waals surface area contributed by atoms with Crippen LogP contribution in [0.1, 0.15) is 10.4 Å². The van der Waals surface area contributed by atoms with Gasteiger partial charge in [-0.25, -0.2) is 9.97 Å². The van der Waals surface area contributed by atoms with Gasteiger partial charge in [-0.05, 0) is 43.7 Å². The summed E-state index contributed by atoms with van der Waals surface area (Å²) in [4.78, 5) is 22.7. The molecular formula is C19H22N4O3S. The summed E-state index contributed by atoms with van der Waals surface area (Å²) in [7, 11) is 1.62. The first kappa shape index (κ1) is 18.9. The highest BCUT2D eigenvalue weighted by atomic mass is 32.1. The van der Waals surface area contributed by atoms with Crippen LogP contribution in [0.5, 0.6) is 11.5 Å². The van der Waals surface area contributed by atoms with Crippen molar-refractivity contribution in [2.45, 2.75) is 13.8 Å². The van der Waals surface area contributed by atoms with Crippen LogP contribution >= 0.6 is 11.3 Å². The van der Waals surface area contributed by atoms with Crippen LogP contribution in [-0.4, -0.2) is 42.7 Å². The predicted molar refractivity (Wildman–Crippen MR) is 107 cm³/mol. The van der Waals surface area contributed by atoms with Crippen molar-refractivity contribution in [1.82, 2.24) is 15.3 Å². The van der Waals surface area contributed by atoms with Gasteiger partial charge < -0.3 is 20.1 Å². The van der Waals surface area contributed by atoms with E-state index in [1.807, 2.05) is 31.2 Å². The normalized spacial score (nSPS) is 10.6. The molecule has 1 aromatic carbocycles. The molecule has 0 aliphatic heterocycles. The molecule has 7 nitrogen and oxygen atoms in total. The fourth-order valence-electron chi connectivity index (χ4n) is 2.57. The summed E-state index contributed by atoms with van der Waals surface area (Å²) < 4.78 is 10.7. The first-order valence-corrected chi connectivity index (χ1v) is 9.38. The lowest BCUT2D eigenvalue weighted by molar-refractivity contribution is -0.119. The molecule has 27 heavy (non-hydrogen) atoms. The molecule has 0 fully saturated rings. The largest absolute Gasteiger partial charge is 0.497 e. The van der Waals surface area contributed by atoms with E-state index in [1.54, 1.807) is 18.4 Å². The molecule has 1 amide bonds. The van der Waals surface area contributed by atoms with Gasteiger partial charge in [-0.15, -0.1) is 11.3 Å². The lowest BCUT2D eigenvalue weighted by Crippen LogP contribution is -2.33. The molecule has 0 spiro atoms. The third kappa shape index (κ3) is 4.65. The van der Waals surface area contributed by atoms with Gasteiger partial charge in [0.05, 0.1) is 25.6 Å². The van der Waals surface area contributed by atoms with Crippen LogP contribution < -0.4 is 20.1 Å². The Kier molecular flexibility index (Phi) is 6.08. The smallest absolute Gasteiger partial charge is 0.239 e. The van der Waals surface area contributed by atoms with Crippen LogP contribution in [0.15, 0.2) is 30.6 Å². The molecule has 0 saturated heterocycles. The number of ether oxygens (including phenoxy) is 2. The van der Waals surface area contributed by atoms with Gasteiger partial charge in [-0.1, -0.05) is 0 Å². The molecule has 0 saturated carbocycles. The van der Waals surface area contributed by atoms with Crippen molar-refractivity contribution in [3.63, 3.8) is 0 Å². The fraction of sp³-hybridized carbons (Fsp3) is 0.316. The van der Waals surface area contributed by atoms with Crippen LogP contribution in [0.4, 0.5) is 5.82 Å². The topological polar surface area (TPSA) is 85.4 Å². The summed E-state index contributed by atoms with van der Waals surface area (Å²) in [5, 5.41) is 6.91. The number of methoxy groups -OCH3 is 1. The molecule has 0 bridgehead atoms. The highest BCUT2D eigenvalue weighted by Gasteiger charge is 2.12. The number of nitrogens with zero attached hydrogens (tertiary/aromatic N) is 2. The summed E-state index contributed by atoms with van der Waals surface area (Å²) >= 11 is 1.63. The first-order valence-electron chi connectivity index (χ1n) is 8.56. The lowest BCUT2D eigenvalue weighted by atomic mass is 10.2. The number of hydrogen-bond donors (Lipinski definition) is 2. The van der Waals surface area contributed by atoms with Gasteiger partial charge in [-0.3, -0.25) is 4.79 Å². The molecular weight excluding hydrogens is 364 g/mol. The number of thiophene rings is 1. The highest BCUT2D eigenvalue weighted by Crippen LogP contribution is 2.32. The number of nitrogens with one attached hydrogen (secondary N) is 2. The van der Waals surface area contributed by atoms with Crippen molar-refractivity contribution in [2.24, 2.45) is 0 Å². The Morgan fingerprint density at radius 2 is 1.89 bits per heavy atom. The summed E-state index contributed by atoms with van der Waals surface area (Å²) in [6, 6.07) is 7.31. The molecule has 0 radical (unpaired) electrons. The Bertz CT molecular complexity index is 925. The monoisotopic (exact) mass is 386 g/mol. The van der Waals surface area contributed by atoms with E-state index in [-0.39, 0.29) is 12.5 Å². The Morgan fingerprint density at radius 3 is 2.63 bits per heavy atom. The second-order valence-electron chi connectivity index (χ2n) is 5.91. The summed E-state index contributed by atoms with van der Waals surface area (Å²) in [6.07, 6.45) is 1.51. The minimum Gasteiger partial charge on any atom is -0.497 e. The Balaban J connectivity index is 1.45. The molecule has 3 rings (SSSR count). The lowest BCUT2D eigenvalue weighted by Gasteiger charge is -2.10. The number of fused-ring (bicyclic) bond motifs is 1. The van der Waals surface area contributed by atoms with Gasteiger partial charge >= 0.3 is 0 Å². The molecule has 8 heteroatoms. The zero-order chi connectivity index (χ0) is 19.2. The SMILES string of the molecule is COc1ccc(OCCNC(=O)CNc2ncnc3sc(C)c(C)c23)cc1. The predicted octanol–water partition coefficient (Wildman–Crippen LogP) is 2.92. The molecule has 0 atom stereocenters. The molecule has 142 valence electrons. The van der Waals surface area contributed by atoms with E-state index in [1.165, 1.54) is 11.2 Å². The van der Waals surface area contributed by atoms with E-state index in [0.29, 0.717) is 19.0 Å². The van der Waals surface area contributed by atoms with E-state index < -0.39 is 0 Å². The van der Waals surface area contributed by atoms with E-state index in [9.17, 15) is 4.79 Å². The number of anilines is 1. The summed E-state index contributed by atoms with van der Waals surface area (Å²) in [5.74, 6) is 2.07. The maximum Gasteiger partial charge on any atom is 0.239 e. The van der Waals surface area contributed by atoms with Crippen LogP contribution in [0.25, 0.3) is 10.2 Å². The van der Waals surface area contributed by atoms with Gasteiger partial charge in [0.25, 0.3) is 0 Å². The molecule has 2 aromatic heterocycles. The fourth-order valence-corrected chi connectivity index (χ4v) is 3.57. The zero-order valence-electron chi connectivity index (χ0n) is 15.5. The third-order valence-electron chi connectivity index (χ3n) is 4.13. The second-order valence-corrected chi connectivity index (χ2v) is 7.12. The summed E-state index contributed by atoms with van der Waals surface area (Å²) in [6.45, 7) is 5.05. The Labute approximate surface area is 161 Å². The van der Waals surface area contributed by atoms with Gasteiger partial charge in [0.1, 0.15) is 35.1 Å². The average molecular weight is 386 g/mol. The zero-order valence-corrected chi connectivity index (χ0v) is 16.4. The van der Waals surface area contributed by atoms with Crippen LogP contribution in [0.2, 0.25) is 0 Å². The molecule has 0 unspecified atom stereocenters. The van der Waals surface area contributed by atoms with E-state index >= 15 is 0 Å². The van der Waals surface area contributed by atoms with Crippen molar-refractivity contribution < 1.29 is 14.3 Å². The molecule has 3 aromatic rings. The third-order valence-corrected chi connectivity index (χ3v) is 5.25. The van der Waals surface area contributed by atoms with Crippen molar-refractivity contribution in [2.75, 3.05) is 32.1 Å². The minimum atomic E-state index is -0.121. The molecule has 0 aliphatic rings. The quantitative estimate of drug-likeness (QED) is 0.579. The molecule has 2 heterocycles. The van der Waals surface area contributed by atoms with Crippen molar-refractivity contribution in [1.29, 1.82) is 0 Å². The number of amides is 1. The first-order chi connectivity index (χ1) is 13.1. The second kappa shape index (κ2) is 8.68. The standard InChI is InChI=1S/C19H22N4O3S/c1-12-13(2)27-19-17(12)18(22-11-23-19)21-10-16(24)20-8-9-26-15-6-4-14(25-3)5-7-15/h4-7,11H,8-10H2,1-3H3,(H,20,24)(H,21,22,23). The number of carbonyl (C=O) groups excluding carboxylic acids is 1. The number of hydrogen-bond acceptors (Lipinski definition) is 7. The van der Waals surface area contributed by atoms with Gasteiger partial charge in [0.15, 0.2) is 0 Å². The number of aryl methyl sites for hydroxylation is 2. The number of rotatable bonds is 8. The number of carbonyl (C=O) groups is 1. The Morgan fingerprint density at radius 1 is 1.15 bits per heavy atom. The van der Waals surface area contributed by atoms with E-state index in [2.05, 4.69) is 27.5 Å². The molecule has 2 N–H and O–H groups in total. The van der Waals surface area contributed by atoms with Crippen molar-refractivity contribution in [3.05, 3.63) is 41.0 Å². The van der Waals surface area contributed by atoms with Crippen molar-refractivity contribution >= 4 is 33.3 Å². The average Bonchev–Trinajstić information content (AvgIpc) is 2.98. The van der Waals surface area contributed by atoms with Gasteiger partial charge in [-0.2, -0.15) is 0 Å². The highest BCUT2D eigenvalue weighted by molar-refractivity contribution is 7.18. The van der Waals surface area contributed by atoms with Crippen LogP contribution in [0.3, 0.4) is 0 Å². The van der Waals surface area contributed by atoms with E-state index in [4.69, 9.17) is 9.47 Å². The van der Waals surface area contributed by atoms with Gasteiger partial charge in [0.2, 0.25) is 5.91 Å². The maximum atomic E-state index is 12.1. The number of benzene rings is 1. The molecule has 0 aliphatic carbocycles. The van der Waals surface area contributed by atoms with E-state index in [0.717, 1.165) is 27.3 Å². The van der Waals surface area contributed by atoms with Crippen molar-refractivity contribution in [3.8, 4) is 11.5 Å². The number of aromatic nitrogens is 2. The maximum absolute atomic E-state index is 12.1. The van der Waals surface area contributed by atoms with Crippen LogP contribution in [0, 0.1) is 13.8 Å². The van der Waals surface area contributed by atoms with Crippen LogP contribution in [-0.2, 0) is 4.79 Å². The summed E-state index contributed by atoms with van der Waals surface area (Å²) in [5.41, 5.74) is 1.14. The minimum absolute atomic E-state index is 0.121.